The van der Waals surface area contributed by atoms with Crippen LogP contribution in [0.3, 0.4) is 0 Å². The van der Waals surface area contributed by atoms with Crippen LogP contribution < -0.4 is 10.6 Å². The largest absolute Gasteiger partial charge is 0.508 e. The zero-order chi connectivity index (χ0) is 30.6. The molecule has 0 spiro atoms. The number of nitrogens with one attached hydrogen (secondary N) is 2. The van der Waals surface area contributed by atoms with E-state index in [0.29, 0.717) is 18.5 Å². The molecule has 0 aromatic heterocycles. The van der Waals surface area contributed by atoms with Gasteiger partial charge in [0.25, 0.3) is 0 Å². The zero-order valence-electron chi connectivity index (χ0n) is 25.8. The molecular formula is C33H49N3O5. The Labute approximate surface area is 245 Å². The number of amides is 3. The van der Waals surface area contributed by atoms with Gasteiger partial charge >= 0.3 is 6.09 Å². The van der Waals surface area contributed by atoms with E-state index in [2.05, 4.69) is 17.6 Å². The van der Waals surface area contributed by atoms with E-state index in [1.807, 2.05) is 51.1 Å². The predicted octanol–water partition coefficient (Wildman–Crippen LogP) is 6.28. The SMILES string of the molecule is CCCCCCCN(C(=O)C(Cc1ccccc1)NC(=O)OC(C)(C)C)C(C(=O)NC(C)(C)C)c1cccc(O)c1. The van der Waals surface area contributed by atoms with Gasteiger partial charge in [-0.25, -0.2) is 4.79 Å². The Balaban J connectivity index is 2.55. The lowest BCUT2D eigenvalue weighted by Gasteiger charge is -2.36. The van der Waals surface area contributed by atoms with Crippen molar-refractivity contribution in [3.8, 4) is 5.75 Å². The third-order valence-corrected chi connectivity index (χ3v) is 6.30. The normalized spacial score (nSPS) is 13.1. The number of unbranched alkanes of at least 4 members (excludes halogenated alkanes) is 4. The van der Waals surface area contributed by atoms with Crippen LogP contribution in [0.25, 0.3) is 0 Å². The summed E-state index contributed by atoms with van der Waals surface area (Å²) in [5.41, 5.74) is 0.0440. The minimum Gasteiger partial charge on any atom is -0.508 e. The molecule has 0 aliphatic carbocycles. The van der Waals surface area contributed by atoms with Gasteiger partial charge in [0, 0.05) is 18.5 Å². The van der Waals surface area contributed by atoms with Crippen molar-refractivity contribution in [3.63, 3.8) is 0 Å². The van der Waals surface area contributed by atoms with Crippen molar-refractivity contribution in [2.24, 2.45) is 0 Å². The molecule has 2 aromatic rings. The second-order valence-corrected chi connectivity index (χ2v) is 12.6. The first kappa shape index (κ1) is 33.7. The van der Waals surface area contributed by atoms with E-state index in [1.54, 1.807) is 37.8 Å². The number of hydrogen-bond donors (Lipinski definition) is 3. The fraction of sp³-hybridized carbons (Fsp3) is 0.545. The van der Waals surface area contributed by atoms with Gasteiger partial charge in [-0.05, 0) is 71.2 Å². The van der Waals surface area contributed by atoms with Gasteiger partial charge in [-0.15, -0.1) is 0 Å². The summed E-state index contributed by atoms with van der Waals surface area (Å²) in [6.45, 7) is 13.4. The summed E-state index contributed by atoms with van der Waals surface area (Å²) in [6, 6.07) is 13.9. The zero-order valence-corrected chi connectivity index (χ0v) is 25.8. The van der Waals surface area contributed by atoms with Crippen molar-refractivity contribution in [2.75, 3.05) is 6.54 Å². The van der Waals surface area contributed by atoms with Gasteiger partial charge in [-0.1, -0.05) is 75.1 Å². The Bertz CT molecular complexity index is 1120. The number of carbonyl (C=O) groups excluding carboxylic acids is 3. The Morgan fingerprint density at radius 1 is 0.902 bits per heavy atom. The lowest BCUT2D eigenvalue weighted by Crippen LogP contribution is -2.55. The van der Waals surface area contributed by atoms with E-state index >= 15 is 0 Å². The van der Waals surface area contributed by atoms with Crippen molar-refractivity contribution in [3.05, 3.63) is 65.7 Å². The predicted molar refractivity (Wildman–Crippen MR) is 163 cm³/mol. The van der Waals surface area contributed by atoms with Crippen LogP contribution in [0.15, 0.2) is 54.6 Å². The highest BCUT2D eigenvalue weighted by Crippen LogP contribution is 2.27. The fourth-order valence-electron chi connectivity index (χ4n) is 4.56. The molecule has 0 aliphatic heterocycles. The Morgan fingerprint density at radius 2 is 1.56 bits per heavy atom. The van der Waals surface area contributed by atoms with E-state index in [0.717, 1.165) is 31.2 Å². The second-order valence-electron chi connectivity index (χ2n) is 12.6. The van der Waals surface area contributed by atoms with Crippen LogP contribution in [0.5, 0.6) is 5.75 Å². The van der Waals surface area contributed by atoms with Gasteiger partial charge in [0.1, 0.15) is 23.4 Å². The molecular weight excluding hydrogens is 518 g/mol. The molecule has 8 heteroatoms. The van der Waals surface area contributed by atoms with Gasteiger partial charge < -0.3 is 25.4 Å². The number of rotatable bonds is 13. The molecule has 41 heavy (non-hydrogen) atoms. The minimum atomic E-state index is -1.02. The molecule has 3 N–H and O–H groups in total. The molecule has 0 bridgehead atoms. The van der Waals surface area contributed by atoms with Crippen LogP contribution in [0, 0.1) is 0 Å². The number of carbonyl (C=O) groups is 3. The van der Waals surface area contributed by atoms with Crippen LogP contribution in [0.4, 0.5) is 4.79 Å². The highest BCUT2D eigenvalue weighted by atomic mass is 16.6. The third-order valence-electron chi connectivity index (χ3n) is 6.30. The molecule has 0 radical (unpaired) electrons. The Morgan fingerprint density at radius 3 is 2.15 bits per heavy atom. The summed E-state index contributed by atoms with van der Waals surface area (Å²) in [5, 5.41) is 16.1. The Hall–Kier alpha value is -3.55. The lowest BCUT2D eigenvalue weighted by molar-refractivity contribution is -0.143. The number of ether oxygens (including phenoxy) is 1. The highest BCUT2D eigenvalue weighted by molar-refractivity contribution is 5.92. The number of aromatic hydroxyl groups is 1. The molecule has 3 amide bonds. The molecule has 0 heterocycles. The first-order valence-electron chi connectivity index (χ1n) is 14.6. The van der Waals surface area contributed by atoms with Crippen LogP contribution >= 0.6 is 0 Å². The highest BCUT2D eigenvalue weighted by Gasteiger charge is 2.37. The molecule has 2 rings (SSSR count). The van der Waals surface area contributed by atoms with Crippen molar-refractivity contribution in [1.82, 2.24) is 15.5 Å². The molecule has 0 saturated heterocycles. The number of phenols is 1. The smallest absolute Gasteiger partial charge is 0.408 e. The maximum atomic E-state index is 14.5. The van der Waals surface area contributed by atoms with Crippen LogP contribution in [-0.2, 0) is 20.7 Å². The molecule has 8 nitrogen and oxygen atoms in total. The first-order valence-corrected chi connectivity index (χ1v) is 14.6. The van der Waals surface area contributed by atoms with Gasteiger partial charge in [0.05, 0.1) is 0 Å². The van der Waals surface area contributed by atoms with Gasteiger partial charge in [0.2, 0.25) is 11.8 Å². The molecule has 0 fully saturated rings. The van der Waals surface area contributed by atoms with Crippen LogP contribution in [-0.4, -0.2) is 51.6 Å². The monoisotopic (exact) mass is 567 g/mol. The lowest BCUT2D eigenvalue weighted by atomic mass is 9.98. The Kier molecular flexibility index (Phi) is 12.7. The average Bonchev–Trinajstić information content (AvgIpc) is 2.85. The summed E-state index contributed by atoms with van der Waals surface area (Å²) in [6.07, 6.45) is 4.30. The van der Waals surface area contributed by atoms with Crippen LogP contribution in [0.2, 0.25) is 0 Å². The van der Waals surface area contributed by atoms with E-state index in [-0.39, 0.29) is 18.1 Å². The number of nitrogens with zero attached hydrogens (tertiary/aromatic N) is 1. The van der Waals surface area contributed by atoms with E-state index in [9.17, 15) is 19.5 Å². The molecule has 2 aromatic carbocycles. The van der Waals surface area contributed by atoms with Crippen molar-refractivity contribution >= 4 is 17.9 Å². The summed E-state index contributed by atoms with van der Waals surface area (Å²) >= 11 is 0. The van der Waals surface area contributed by atoms with E-state index in [4.69, 9.17) is 4.74 Å². The number of phenolic OH excluding ortho intramolecular Hbond substituents is 1. The van der Waals surface area contributed by atoms with Crippen molar-refractivity contribution < 1.29 is 24.2 Å². The topological polar surface area (TPSA) is 108 Å². The molecule has 0 aliphatic rings. The summed E-state index contributed by atoms with van der Waals surface area (Å²) in [5.74, 6) is -0.757. The summed E-state index contributed by atoms with van der Waals surface area (Å²) < 4.78 is 5.50. The number of alkyl carbamates (subject to hydrolysis) is 1. The van der Waals surface area contributed by atoms with Gasteiger partial charge in [0.15, 0.2) is 0 Å². The van der Waals surface area contributed by atoms with Crippen molar-refractivity contribution in [2.45, 2.75) is 110 Å². The molecule has 226 valence electrons. The van der Waals surface area contributed by atoms with Crippen molar-refractivity contribution in [1.29, 1.82) is 0 Å². The quantitative estimate of drug-likeness (QED) is 0.247. The van der Waals surface area contributed by atoms with Gasteiger partial charge in [-0.3, -0.25) is 9.59 Å². The molecule has 2 atom stereocenters. The van der Waals surface area contributed by atoms with Gasteiger partial charge in [-0.2, -0.15) is 0 Å². The summed E-state index contributed by atoms with van der Waals surface area (Å²) in [4.78, 5) is 42.8. The molecule has 2 unspecified atom stereocenters. The third kappa shape index (κ3) is 12.2. The maximum Gasteiger partial charge on any atom is 0.408 e. The average molecular weight is 568 g/mol. The minimum absolute atomic E-state index is 0.000816. The van der Waals surface area contributed by atoms with E-state index in [1.165, 1.54) is 12.1 Å². The number of hydrogen-bond acceptors (Lipinski definition) is 5. The standard InChI is InChI=1S/C33H49N3O5/c1-8-9-10-11-15-21-36(28(29(38)35-32(2,3)4)25-19-16-20-26(37)23-25)30(39)27(22-24-17-13-12-14-18-24)34-31(40)41-33(5,6)7/h12-14,16-20,23,27-28,37H,8-11,15,21-22H2,1-7H3,(H,34,40)(H,35,38). The second kappa shape index (κ2) is 15.5. The fourth-order valence-corrected chi connectivity index (χ4v) is 4.56. The number of benzene rings is 2. The first-order chi connectivity index (χ1) is 19.2. The van der Waals surface area contributed by atoms with E-state index < -0.39 is 35.2 Å². The molecule has 0 saturated carbocycles. The summed E-state index contributed by atoms with van der Waals surface area (Å²) in [7, 11) is 0. The maximum absolute atomic E-state index is 14.5. The van der Waals surface area contributed by atoms with Crippen LogP contribution in [0.1, 0.15) is 97.7 Å².